The molecule has 2 amide bonds. The maximum absolute atomic E-state index is 12.2. The van der Waals surface area contributed by atoms with E-state index in [0.717, 1.165) is 47.8 Å². The Balaban J connectivity index is 1.51. The van der Waals surface area contributed by atoms with E-state index in [-0.39, 0.29) is 17.6 Å². The number of nitrogens with one attached hydrogen (secondary N) is 1. The number of thioether (sulfide) groups is 1. The maximum Gasteiger partial charge on any atom is 0.236 e. The third kappa shape index (κ3) is 5.48. The van der Waals surface area contributed by atoms with Crippen LogP contribution >= 0.6 is 23.1 Å². The number of ether oxygens (including phenoxy) is 1. The molecular formula is C20H25N3O3S2. The topological polar surface area (TPSA) is 71.5 Å². The predicted molar refractivity (Wildman–Crippen MR) is 115 cm³/mol. The highest BCUT2D eigenvalue weighted by Gasteiger charge is 2.18. The van der Waals surface area contributed by atoms with Crippen LogP contribution in [-0.4, -0.2) is 52.9 Å². The molecule has 0 atom stereocenters. The third-order valence-corrected chi connectivity index (χ3v) is 6.20. The Hall–Kier alpha value is -2.06. The monoisotopic (exact) mass is 419 g/mol. The van der Waals surface area contributed by atoms with E-state index < -0.39 is 0 Å². The van der Waals surface area contributed by atoms with Crippen molar-refractivity contribution >= 4 is 40.0 Å². The molecule has 1 aromatic heterocycles. The van der Waals surface area contributed by atoms with Gasteiger partial charge in [0.05, 0.1) is 23.8 Å². The first kappa shape index (κ1) is 20.7. The molecule has 1 N–H and O–H groups in total. The van der Waals surface area contributed by atoms with Crippen molar-refractivity contribution in [1.29, 1.82) is 0 Å². The van der Waals surface area contributed by atoms with Gasteiger partial charge in [0.25, 0.3) is 0 Å². The summed E-state index contributed by atoms with van der Waals surface area (Å²) < 4.78 is 5.47. The van der Waals surface area contributed by atoms with Crippen LogP contribution < -0.4 is 10.1 Å². The molecule has 0 aliphatic carbocycles. The van der Waals surface area contributed by atoms with Crippen molar-refractivity contribution in [3.8, 4) is 17.0 Å². The molecule has 0 unspecified atom stereocenters. The van der Waals surface area contributed by atoms with E-state index in [4.69, 9.17) is 4.74 Å². The molecule has 0 bridgehead atoms. The molecule has 2 aromatic rings. The highest BCUT2D eigenvalue weighted by Crippen LogP contribution is 2.31. The van der Waals surface area contributed by atoms with Gasteiger partial charge in [0.15, 0.2) is 5.13 Å². The molecule has 28 heavy (non-hydrogen) atoms. The van der Waals surface area contributed by atoms with Crippen LogP contribution in [0.5, 0.6) is 5.75 Å². The summed E-state index contributed by atoms with van der Waals surface area (Å²) in [4.78, 5) is 31.7. The fourth-order valence-corrected chi connectivity index (χ4v) is 4.61. The largest absolute Gasteiger partial charge is 0.494 e. The quantitative estimate of drug-likeness (QED) is 0.704. The number of amides is 2. The average molecular weight is 420 g/mol. The van der Waals surface area contributed by atoms with Crippen molar-refractivity contribution < 1.29 is 14.3 Å². The number of aromatic nitrogens is 1. The number of aryl methyl sites for hydroxylation is 1. The van der Waals surface area contributed by atoms with Gasteiger partial charge in [-0.3, -0.25) is 9.59 Å². The van der Waals surface area contributed by atoms with E-state index in [9.17, 15) is 9.59 Å². The molecule has 0 saturated carbocycles. The zero-order valence-corrected chi connectivity index (χ0v) is 17.8. The molecule has 8 heteroatoms. The fraction of sp³-hybridized carbons (Fsp3) is 0.450. The predicted octanol–water partition coefficient (Wildman–Crippen LogP) is 3.81. The standard InChI is InChI=1S/C20H25N3O3S2/c1-3-26-16-8-6-15(7-9-16)19-14(2)28-20(22-19)21-17(24)12-27-13-18(25)23-10-4-5-11-23/h6-9H,3-5,10-13H2,1-2H3,(H,21,22,24). The zero-order valence-electron chi connectivity index (χ0n) is 16.2. The lowest BCUT2D eigenvalue weighted by atomic mass is 10.1. The van der Waals surface area contributed by atoms with E-state index in [2.05, 4.69) is 10.3 Å². The average Bonchev–Trinajstić information content (AvgIpc) is 3.33. The summed E-state index contributed by atoms with van der Waals surface area (Å²) >= 11 is 2.80. The first-order chi connectivity index (χ1) is 13.6. The molecule has 1 fully saturated rings. The van der Waals surface area contributed by atoms with Crippen LogP contribution in [0, 0.1) is 6.92 Å². The summed E-state index contributed by atoms with van der Waals surface area (Å²) in [6, 6.07) is 7.78. The Morgan fingerprint density at radius 1 is 1.21 bits per heavy atom. The van der Waals surface area contributed by atoms with Gasteiger partial charge in [-0.15, -0.1) is 23.1 Å². The molecule has 150 valence electrons. The normalized spacial score (nSPS) is 13.6. The van der Waals surface area contributed by atoms with E-state index in [1.807, 2.05) is 43.0 Å². The van der Waals surface area contributed by atoms with E-state index in [0.29, 0.717) is 17.5 Å². The van der Waals surface area contributed by atoms with Gasteiger partial charge in [0.1, 0.15) is 5.75 Å². The molecular weight excluding hydrogens is 394 g/mol. The van der Waals surface area contributed by atoms with Crippen LogP contribution in [-0.2, 0) is 9.59 Å². The first-order valence-electron chi connectivity index (χ1n) is 9.43. The number of carbonyl (C=O) groups excluding carboxylic acids is 2. The minimum atomic E-state index is -0.133. The van der Waals surface area contributed by atoms with E-state index >= 15 is 0 Å². The highest BCUT2D eigenvalue weighted by atomic mass is 32.2. The Bertz CT molecular complexity index is 815. The first-order valence-corrected chi connectivity index (χ1v) is 11.4. The number of hydrogen-bond donors (Lipinski definition) is 1. The highest BCUT2D eigenvalue weighted by molar-refractivity contribution is 8.00. The van der Waals surface area contributed by atoms with Crippen molar-refractivity contribution in [2.45, 2.75) is 26.7 Å². The van der Waals surface area contributed by atoms with Gasteiger partial charge in [0, 0.05) is 23.5 Å². The van der Waals surface area contributed by atoms with Gasteiger partial charge in [-0.2, -0.15) is 0 Å². The zero-order chi connectivity index (χ0) is 19.9. The van der Waals surface area contributed by atoms with Crippen molar-refractivity contribution in [3.63, 3.8) is 0 Å². The van der Waals surface area contributed by atoms with Crippen LogP contribution in [0.1, 0.15) is 24.6 Å². The second-order valence-electron chi connectivity index (χ2n) is 6.51. The summed E-state index contributed by atoms with van der Waals surface area (Å²) in [7, 11) is 0. The van der Waals surface area contributed by atoms with E-state index in [1.54, 1.807) is 0 Å². The SMILES string of the molecule is CCOc1ccc(-c2nc(NC(=O)CSCC(=O)N3CCCC3)sc2C)cc1. The van der Waals surface area contributed by atoms with Crippen LogP contribution in [0.2, 0.25) is 0 Å². The van der Waals surface area contributed by atoms with E-state index in [1.165, 1.54) is 23.1 Å². The Morgan fingerprint density at radius 2 is 1.93 bits per heavy atom. The number of hydrogen-bond acceptors (Lipinski definition) is 6. The van der Waals surface area contributed by atoms with Crippen molar-refractivity contribution in [2.24, 2.45) is 0 Å². The summed E-state index contributed by atoms with van der Waals surface area (Å²) in [5, 5.41) is 3.43. The second kappa shape index (κ2) is 9.93. The number of nitrogens with zero attached hydrogens (tertiary/aromatic N) is 2. The van der Waals surface area contributed by atoms with Crippen molar-refractivity contribution in [2.75, 3.05) is 36.5 Å². The summed E-state index contributed by atoms with van der Waals surface area (Å²) in [5.74, 6) is 1.41. The summed E-state index contributed by atoms with van der Waals surface area (Å²) in [5.41, 5.74) is 1.85. The van der Waals surface area contributed by atoms with Gasteiger partial charge < -0.3 is 15.0 Å². The lowest BCUT2D eigenvalue weighted by molar-refractivity contribution is -0.127. The van der Waals surface area contributed by atoms with Crippen LogP contribution in [0.15, 0.2) is 24.3 Å². The second-order valence-corrected chi connectivity index (χ2v) is 8.70. The molecule has 1 aliphatic rings. The number of anilines is 1. The number of rotatable bonds is 8. The Morgan fingerprint density at radius 3 is 2.61 bits per heavy atom. The van der Waals surface area contributed by atoms with Gasteiger partial charge >= 0.3 is 0 Å². The van der Waals surface area contributed by atoms with Gasteiger partial charge in [-0.25, -0.2) is 4.98 Å². The number of benzene rings is 1. The molecule has 2 heterocycles. The van der Waals surface area contributed by atoms with Crippen LogP contribution in [0.25, 0.3) is 11.3 Å². The summed E-state index contributed by atoms with van der Waals surface area (Å²) in [6.45, 7) is 6.26. The molecule has 1 saturated heterocycles. The van der Waals surface area contributed by atoms with Gasteiger partial charge in [-0.1, -0.05) is 0 Å². The Labute approximate surface area is 173 Å². The number of thiazole rings is 1. The maximum atomic E-state index is 12.2. The van der Waals surface area contributed by atoms with Crippen molar-refractivity contribution in [3.05, 3.63) is 29.1 Å². The molecule has 6 nitrogen and oxygen atoms in total. The molecule has 1 aromatic carbocycles. The number of likely N-dealkylation sites (tertiary alicyclic amines) is 1. The molecule has 1 aliphatic heterocycles. The molecule has 0 radical (unpaired) electrons. The third-order valence-electron chi connectivity index (χ3n) is 4.40. The molecule has 0 spiro atoms. The van der Waals surface area contributed by atoms with Gasteiger partial charge in [-0.05, 0) is 51.0 Å². The van der Waals surface area contributed by atoms with Crippen LogP contribution in [0.4, 0.5) is 5.13 Å². The summed E-state index contributed by atoms with van der Waals surface area (Å²) in [6.07, 6.45) is 2.16. The Kier molecular flexibility index (Phi) is 7.33. The van der Waals surface area contributed by atoms with Crippen molar-refractivity contribution in [1.82, 2.24) is 9.88 Å². The number of carbonyl (C=O) groups is 2. The molecule has 3 rings (SSSR count). The van der Waals surface area contributed by atoms with Gasteiger partial charge in [0.2, 0.25) is 11.8 Å². The smallest absolute Gasteiger partial charge is 0.236 e. The lowest BCUT2D eigenvalue weighted by Gasteiger charge is -2.14. The van der Waals surface area contributed by atoms with Crippen LogP contribution in [0.3, 0.4) is 0 Å². The minimum Gasteiger partial charge on any atom is -0.494 e. The lowest BCUT2D eigenvalue weighted by Crippen LogP contribution is -2.29. The fourth-order valence-electron chi connectivity index (χ4n) is 3.04. The minimum absolute atomic E-state index is 0.123.